The predicted octanol–water partition coefficient (Wildman–Crippen LogP) is 2.29. The third-order valence-corrected chi connectivity index (χ3v) is 5.50. The van der Waals surface area contributed by atoms with Crippen LogP contribution in [0.5, 0.6) is 0 Å². The first-order valence-electron chi connectivity index (χ1n) is 9.77. The topological polar surface area (TPSA) is 87.1 Å². The molecule has 0 spiro atoms. The van der Waals surface area contributed by atoms with E-state index in [2.05, 4.69) is 31.4 Å². The first kappa shape index (κ1) is 18.1. The minimum Gasteiger partial charge on any atom is -0.396 e. The molecule has 1 fully saturated rings. The summed E-state index contributed by atoms with van der Waals surface area (Å²) in [4.78, 5) is 17.1. The van der Waals surface area contributed by atoms with E-state index in [-0.39, 0.29) is 24.4 Å². The van der Waals surface area contributed by atoms with Crippen molar-refractivity contribution in [3.63, 3.8) is 0 Å². The number of rotatable bonds is 6. The van der Waals surface area contributed by atoms with Gasteiger partial charge < -0.3 is 10.1 Å². The fraction of sp³-hybridized carbons (Fsp3) is 0.333. The molecule has 0 bridgehead atoms. The zero-order valence-electron chi connectivity index (χ0n) is 15.7. The molecule has 2 N–H and O–H groups in total. The Morgan fingerprint density at radius 1 is 1.10 bits per heavy atom. The van der Waals surface area contributed by atoms with Gasteiger partial charge in [0.1, 0.15) is 5.83 Å². The molecule has 1 aliphatic heterocycles. The van der Waals surface area contributed by atoms with Gasteiger partial charge in [-0.3, -0.25) is 0 Å². The second-order valence-electron chi connectivity index (χ2n) is 7.48. The van der Waals surface area contributed by atoms with Gasteiger partial charge in [0, 0.05) is 49.7 Å². The SMILES string of the molecule is OCCCN1C=C2C(F)=CC(C3CC3c3cnc(-c4ncccn4)nc3)=CC2N1. The second kappa shape index (κ2) is 7.46. The van der Waals surface area contributed by atoms with Crippen molar-refractivity contribution in [1.82, 2.24) is 30.4 Å². The van der Waals surface area contributed by atoms with Crippen LogP contribution in [0.25, 0.3) is 11.6 Å². The van der Waals surface area contributed by atoms with Gasteiger partial charge in [0.2, 0.25) is 0 Å². The molecule has 3 unspecified atom stereocenters. The third-order valence-electron chi connectivity index (χ3n) is 5.50. The van der Waals surface area contributed by atoms with E-state index in [1.54, 1.807) is 30.7 Å². The third kappa shape index (κ3) is 3.56. The van der Waals surface area contributed by atoms with E-state index >= 15 is 0 Å². The first-order chi connectivity index (χ1) is 14.2. The number of aliphatic hydroxyl groups is 1. The number of hydrogen-bond acceptors (Lipinski definition) is 7. The maximum Gasteiger partial charge on any atom is 0.197 e. The number of fused-ring (bicyclic) bond motifs is 1. The van der Waals surface area contributed by atoms with Gasteiger partial charge in [-0.05, 0) is 48.0 Å². The smallest absolute Gasteiger partial charge is 0.197 e. The van der Waals surface area contributed by atoms with Crippen molar-refractivity contribution in [2.75, 3.05) is 13.2 Å². The number of halogens is 1. The molecular weight excluding hydrogens is 371 g/mol. The quantitative estimate of drug-likeness (QED) is 0.780. The van der Waals surface area contributed by atoms with Crippen molar-refractivity contribution in [2.24, 2.45) is 5.92 Å². The van der Waals surface area contributed by atoms with Gasteiger partial charge in [0.25, 0.3) is 0 Å². The van der Waals surface area contributed by atoms with Crippen LogP contribution in [0.2, 0.25) is 0 Å². The van der Waals surface area contributed by atoms with Crippen molar-refractivity contribution in [2.45, 2.75) is 24.8 Å². The highest BCUT2D eigenvalue weighted by atomic mass is 19.1. The molecule has 148 valence electrons. The number of nitrogens with zero attached hydrogens (tertiary/aromatic N) is 5. The molecule has 29 heavy (non-hydrogen) atoms. The molecular formula is C21H21FN6O. The van der Waals surface area contributed by atoms with Crippen LogP contribution in [0.3, 0.4) is 0 Å². The maximum atomic E-state index is 14.6. The van der Waals surface area contributed by atoms with Crippen LogP contribution in [0.15, 0.2) is 66.2 Å². The Morgan fingerprint density at radius 2 is 1.86 bits per heavy atom. The number of aliphatic hydroxyl groups excluding tert-OH is 1. The number of aromatic nitrogens is 4. The molecule has 0 radical (unpaired) electrons. The highest BCUT2D eigenvalue weighted by molar-refractivity contribution is 5.50. The fourth-order valence-corrected chi connectivity index (χ4v) is 3.93. The standard InChI is InChI=1S/C21H21FN6O/c22-18-7-13(8-19-17(18)12-28(27-19)5-2-6-29)15-9-16(15)14-10-25-21(26-11-14)20-23-3-1-4-24-20/h1,3-4,7-8,10-12,15-16,19,27,29H,2,5-6,9H2. The maximum absolute atomic E-state index is 14.6. The summed E-state index contributed by atoms with van der Waals surface area (Å²) in [6.45, 7) is 0.764. The highest BCUT2D eigenvalue weighted by Gasteiger charge is 2.43. The van der Waals surface area contributed by atoms with E-state index < -0.39 is 0 Å². The lowest BCUT2D eigenvalue weighted by Gasteiger charge is -2.20. The van der Waals surface area contributed by atoms with Crippen LogP contribution in [-0.4, -0.2) is 49.2 Å². The Morgan fingerprint density at radius 3 is 2.62 bits per heavy atom. The molecule has 0 saturated heterocycles. The summed E-state index contributed by atoms with van der Waals surface area (Å²) in [6.07, 6.45) is 14.1. The van der Waals surface area contributed by atoms with Gasteiger partial charge in [0.15, 0.2) is 11.6 Å². The molecule has 7 nitrogen and oxygen atoms in total. The van der Waals surface area contributed by atoms with E-state index in [0.29, 0.717) is 36.1 Å². The fourth-order valence-electron chi connectivity index (χ4n) is 3.93. The summed E-state index contributed by atoms with van der Waals surface area (Å²) in [7, 11) is 0. The summed E-state index contributed by atoms with van der Waals surface area (Å²) in [5.41, 5.74) is 6.00. The largest absolute Gasteiger partial charge is 0.396 e. The predicted molar refractivity (Wildman–Crippen MR) is 105 cm³/mol. The Balaban J connectivity index is 1.28. The van der Waals surface area contributed by atoms with Gasteiger partial charge in [-0.2, -0.15) is 0 Å². The summed E-state index contributed by atoms with van der Waals surface area (Å²) >= 11 is 0. The molecule has 2 aliphatic carbocycles. The minimum absolute atomic E-state index is 0.118. The first-order valence-corrected chi connectivity index (χ1v) is 9.77. The van der Waals surface area contributed by atoms with E-state index in [1.165, 1.54) is 0 Å². The lowest BCUT2D eigenvalue weighted by Crippen LogP contribution is -2.36. The molecule has 3 atom stereocenters. The van der Waals surface area contributed by atoms with E-state index in [1.807, 2.05) is 17.4 Å². The Labute approximate surface area is 167 Å². The molecule has 1 saturated carbocycles. The Kier molecular flexibility index (Phi) is 4.65. The molecule has 0 amide bonds. The Bertz CT molecular complexity index is 988. The number of hydrazine groups is 1. The average molecular weight is 392 g/mol. The average Bonchev–Trinajstić information content (AvgIpc) is 3.45. The number of nitrogens with one attached hydrogen (secondary N) is 1. The molecule has 3 aliphatic rings. The zero-order chi connectivity index (χ0) is 19.8. The molecule has 3 heterocycles. The van der Waals surface area contributed by atoms with Gasteiger partial charge in [-0.25, -0.2) is 29.8 Å². The summed E-state index contributed by atoms with van der Waals surface area (Å²) in [6, 6.07) is 1.60. The lowest BCUT2D eigenvalue weighted by atomic mass is 9.94. The normalized spacial score (nSPS) is 25.2. The lowest BCUT2D eigenvalue weighted by molar-refractivity contribution is 0.231. The summed E-state index contributed by atoms with van der Waals surface area (Å²) in [5, 5.41) is 10.8. The van der Waals surface area contributed by atoms with E-state index in [0.717, 1.165) is 17.6 Å². The van der Waals surface area contributed by atoms with E-state index in [9.17, 15) is 4.39 Å². The van der Waals surface area contributed by atoms with Crippen molar-refractivity contribution >= 4 is 0 Å². The Hall–Kier alpha value is -2.97. The van der Waals surface area contributed by atoms with Crippen molar-refractivity contribution in [3.05, 3.63) is 71.7 Å². The molecule has 2 aromatic rings. The van der Waals surface area contributed by atoms with Crippen molar-refractivity contribution in [1.29, 1.82) is 0 Å². The molecule has 5 rings (SSSR count). The molecule has 0 aromatic carbocycles. The van der Waals surface area contributed by atoms with Gasteiger partial charge >= 0.3 is 0 Å². The number of allylic oxidation sites excluding steroid dienone is 2. The van der Waals surface area contributed by atoms with Crippen LogP contribution < -0.4 is 5.43 Å². The second-order valence-corrected chi connectivity index (χ2v) is 7.48. The van der Waals surface area contributed by atoms with Crippen molar-refractivity contribution < 1.29 is 9.50 Å². The van der Waals surface area contributed by atoms with Crippen LogP contribution >= 0.6 is 0 Å². The van der Waals surface area contributed by atoms with Crippen LogP contribution in [0.1, 0.15) is 24.3 Å². The zero-order valence-corrected chi connectivity index (χ0v) is 15.7. The summed E-state index contributed by atoms with van der Waals surface area (Å²) < 4.78 is 14.6. The summed E-state index contributed by atoms with van der Waals surface area (Å²) in [5.74, 6) is 1.39. The van der Waals surface area contributed by atoms with Crippen LogP contribution in [-0.2, 0) is 0 Å². The number of hydrogen-bond donors (Lipinski definition) is 2. The van der Waals surface area contributed by atoms with Crippen LogP contribution in [0.4, 0.5) is 4.39 Å². The minimum atomic E-state index is -0.190. The molecule has 2 aromatic heterocycles. The highest BCUT2D eigenvalue weighted by Crippen LogP contribution is 2.53. The van der Waals surface area contributed by atoms with Gasteiger partial charge in [-0.1, -0.05) is 6.08 Å². The van der Waals surface area contributed by atoms with Crippen molar-refractivity contribution in [3.8, 4) is 11.6 Å². The van der Waals surface area contributed by atoms with E-state index in [4.69, 9.17) is 5.11 Å². The van der Waals surface area contributed by atoms with Gasteiger partial charge in [0.05, 0.1) is 6.04 Å². The van der Waals surface area contributed by atoms with Gasteiger partial charge in [-0.15, -0.1) is 0 Å². The van der Waals surface area contributed by atoms with Crippen LogP contribution in [0, 0.1) is 5.92 Å². The molecule has 8 heteroatoms. The monoisotopic (exact) mass is 392 g/mol.